The van der Waals surface area contributed by atoms with E-state index in [-0.39, 0.29) is 23.2 Å². The lowest BCUT2D eigenvalue weighted by Gasteiger charge is -2.23. The fourth-order valence-electron chi connectivity index (χ4n) is 2.89. The number of anilines is 1. The van der Waals surface area contributed by atoms with Crippen LogP contribution in [0.15, 0.2) is 41.4 Å². The van der Waals surface area contributed by atoms with Crippen molar-refractivity contribution in [2.75, 3.05) is 25.1 Å². The van der Waals surface area contributed by atoms with Gasteiger partial charge in [0, 0.05) is 17.7 Å². The van der Waals surface area contributed by atoms with Gasteiger partial charge in [0.2, 0.25) is 0 Å². The van der Waals surface area contributed by atoms with E-state index in [1.807, 2.05) is 0 Å². The minimum Gasteiger partial charge on any atom is -0.497 e. The van der Waals surface area contributed by atoms with E-state index in [0.717, 1.165) is 21.8 Å². The Morgan fingerprint density at radius 2 is 1.88 bits per heavy atom. The topological polar surface area (TPSA) is 95.0 Å². The predicted molar refractivity (Wildman–Crippen MR) is 122 cm³/mol. The molecule has 3 aromatic rings. The number of benzene rings is 2. The Morgan fingerprint density at radius 3 is 2.53 bits per heavy atom. The molecule has 3 rings (SSSR count). The number of thiazole rings is 1. The van der Waals surface area contributed by atoms with Crippen molar-refractivity contribution >= 4 is 44.1 Å². The number of hydrogen-bond donors (Lipinski definition) is 0. The van der Waals surface area contributed by atoms with Crippen molar-refractivity contribution in [1.82, 2.24) is 4.98 Å². The van der Waals surface area contributed by atoms with E-state index in [0.29, 0.717) is 29.2 Å². The summed E-state index contributed by atoms with van der Waals surface area (Å²) in [4.78, 5) is 15.3. The van der Waals surface area contributed by atoms with Gasteiger partial charge in [0.25, 0.3) is 10.0 Å². The quantitative estimate of drug-likeness (QED) is 0.292. The highest BCUT2D eigenvalue weighted by atomic mass is 35.5. The summed E-state index contributed by atoms with van der Waals surface area (Å²) in [5.74, 6) is -2.39. The van der Waals surface area contributed by atoms with Gasteiger partial charge in [-0.05, 0) is 25.1 Å². The molecule has 13 heteroatoms. The molecule has 182 valence electrons. The molecule has 0 aliphatic heterocycles. The normalized spacial score (nSPS) is 11.2. The Kier molecular flexibility index (Phi) is 7.95. The molecule has 8 nitrogen and oxygen atoms in total. The number of methoxy groups -OCH3 is 2. The second-order valence-corrected chi connectivity index (χ2v) is 9.86. The first-order chi connectivity index (χ1) is 16.1. The third-order valence-corrected chi connectivity index (χ3v) is 7.69. The first kappa shape index (κ1) is 25.7. The van der Waals surface area contributed by atoms with Crippen LogP contribution in [0.4, 0.5) is 13.9 Å². The molecule has 2 aromatic carbocycles. The molecule has 0 saturated heterocycles. The molecule has 0 N–H and O–H groups in total. The number of carbonyl (C=O) groups excluding carboxylic acids is 1. The summed E-state index contributed by atoms with van der Waals surface area (Å²) in [5, 5.41) is -0.728. The Hall–Kier alpha value is -2.96. The number of halogens is 3. The van der Waals surface area contributed by atoms with Crippen LogP contribution < -0.4 is 13.8 Å². The molecule has 0 spiro atoms. The van der Waals surface area contributed by atoms with Crippen molar-refractivity contribution < 1.29 is 36.2 Å². The number of sulfonamides is 1. The second kappa shape index (κ2) is 10.5. The fraction of sp³-hybridized carbons (Fsp3) is 0.238. The van der Waals surface area contributed by atoms with Crippen molar-refractivity contribution in [3.63, 3.8) is 0 Å². The van der Waals surface area contributed by atoms with Gasteiger partial charge in [-0.3, -0.25) is 0 Å². The number of rotatable bonds is 9. The van der Waals surface area contributed by atoms with Crippen LogP contribution in [-0.4, -0.2) is 40.2 Å². The zero-order chi connectivity index (χ0) is 25.0. The van der Waals surface area contributed by atoms with Gasteiger partial charge in [0.05, 0.1) is 38.6 Å². The molecule has 1 aromatic heterocycles. The Balaban J connectivity index is 2.15. The first-order valence-electron chi connectivity index (χ1n) is 9.63. The minimum absolute atomic E-state index is 0.0383. The highest BCUT2D eigenvalue weighted by Crippen LogP contribution is 2.35. The third kappa shape index (κ3) is 5.24. The lowest BCUT2D eigenvalue weighted by molar-refractivity contribution is 0.0531. The first-order valence-corrected chi connectivity index (χ1v) is 12.3. The molecule has 0 saturated carbocycles. The molecule has 0 amide bonds. The molecule has 1 heterocycles. The van der Waals surface area contributed by atoms with Crippen molar-refractivity contribution in [1.29, 1.82) is 0 Å². The fourth-order valence-corrected chi connectivity index (χ4v) is 5.61. The Bertz CT molecular complexity index is 1320. The van der Waals surface area contributed by atoms with Crippen molar-refractivity contribution in [3.05, 3.63) is 63.6 Å². The zero-order valence-corrected chi connectivity index (χ0v) is 20.6. The van der Waals surface area contributed by atoms with Crippen LogP contribution in [0.1, 0.15) is 22.2 Å². The van der Waals surface area contributed by atoms with E-state index in [2.05, 4.69) is 4.98 Å². The van der Waals surface area contributed by atoms with Crippen LogP contribution in [0.3, 0.4) is 0 Å². The van der Waals surface area contributed by atoms with E-state index in [1.165, 1.54) is 14.2 Å². The van der Waals surface area contributed by atoms with E-state index in [1.54, 1.807) is 25.1 Å². The largest absolute Gasteiger partial charge is 0.497 e. The Labute approximate surface area is 203 Å². The summed E-state index contributed by atoms with van der Waals surface area (Å²) in [7, 11) is -1.83. The number of ether oxygens (including phenoxy) is 3. The number of hydrogen-bond acceptors (Lipinski definition) is 8. The van der Waals surface area contributed by atoms with Gasteiger partial charge in [0.1, 0.15) is 32.9 Å². The van der Waals surface area contributed by atoms with Gasteiger partial charge in [-0.15, -0.1) is 0 Å². The van der Waals surface area contributed by atoms with E-state index < -0.39 is 37.5 Å². The highest BCUT2D eigenvalue weighted by molar-refractivity contribution is 7.93. The molecule has 0 radical (unpaired) electrons. The van der Waals surface area contributed by atoms with Crippen LogP contribution >= 0.6 is 22.9 Å². The van der Waals surface area contributed by atoms with Crippen LogP contribution in [0.5, 0.6) is 11.5 Å². The average Bonchev–Trinajstić information content (AvgIpc) is 3.29. The van der Waals surface area contributed by atoms with Gasteiger partial charge < -0.3 is 14.2 Å². The molecule has 0 bridgehead atoms. The van der Waals surface area contributed by atoms with Crippen LogP contribution in [0, 0.1) is 11.6 Å². The van der Waals surface area contributed by atoms with E-state index in [9.17, 15) is 22.0 Å². The molecular weight excluding hydrogens is 514 g/mol. The SMILES string of the molecule is CCOC(=O)c1cnc(N(Cc2ccc(OC)cc2OC)S(=O)(=O)c2cc(Cl)c(F)cc2F)s1. The molecule has 0 aliphatic carbocycles. The van der Waals surface area contributed by atoms with Gasteiger partial charge in [0.15, 0.2) is 5.13 Å². The molecule has 0 unspecified atom stereocenters. The van der Waals surface area contributed by atoms with Crippen LogP contribution in [0.2, 0.25) is 5.02 Å². The minimum atomic E-state index is -4.67. The Morgan fingerprint density at radius 1 is 1.15 bits per heavy atom. The highest BCUT2D eigenvalue weighted by Gasteiger charge is 2.32. The maximum atomic E-state index is 14.6. The number of aromatic nitrogens is 1. The van der Waals surface area contributed by atoms with Crippen molar-refractivity contribution in [3.8, 4) is 11.5 Å². The maximum absolute atomic E-state index is 14.6. The summed E-state index contributed by atoms with van der Waals surface area (Å²) in [6.07, 6.45) is 1.15. The van der Waals surface area contributed by atoms with Crippen LogP contribution in [-0.2, 0) is 21.3 Å². The van der Waals surface area contributed by atoms with Gasteiger partial charge in [-0.2, -0.15) is 0 Å². The van der Waals surface area contributed by atoms with Crippen molar-refractivity contribution in [2.24, 2.45) is 0 Å². The smallest absolute Gasteiger partial charge is 0.350 e. The maximum Gasteiger partial charge on any atom is 0.350 e. The number of esters is 1. The van der Waals surface area contributed by atoms with Gasteiger partial charge in [-0.25, -0.2) is 31.3 Å². The second-order valence-electron chi connectivity index (χ2n) is 6.61. The van der Waals surface area contributed by atoms with Gasteiger partial charge >= 0.3 is 5.97 Å². The molecule has 34 heavy (non-hydrogen) atoms. The average molecular weight is 533 g/mol. The van der Waals surface area contributed by atoms with Crippen molar-refractivity contribution in [2.45, 2.75) is 18.4 Å². The third-order valence-electron chi connectivity index (χ3n) is 4.53. The molecule has 0 fully saturated rings. The lowest BCUT2D eigenvalue weighted by atomic mass is 10.2. The molecular formula is C21H19ClF2N2O6S2. The summed E-state index contributed by atoms with van der Waals surface area (Å²) in [5.41, 5.74) is 0.383. The molecule has 0 atom stereocenters. The summed E-state index contributed by atoms with van der Waals surface area (Å²) >= 11 is 6.46. The standard InChI is InChI=1S/C21H19ClF2N2O6S2/c1-4-32-20(27)18-10-25-21(33-18)26(11-12-5-6-13(30-2)7-17(12)31-3)34(28,29)19-8-14(22)15(23)9-16(19)24/h5-10H,4,11H2,1-3H3. The lowest BCUT2D eigenvalue weighted by Crippen LogP contribution is -2.31. The number of nitrogens with zero attached hydrogens (tertiary/aromatic N) is 2. The van der Waals surface area contributed by atoms with E-state index in [4.69, 9.17) is 25.8 Å². The number of carbonyl (C=O) groups is 1. The summed E-state index contributed by atoms with van der Waals surface area (Å²) < 4.78 is 71.5. The zero-order valence-electron chi connectivity index (χ0n) is 18.2. The molecule has 0 aliphatic rings. The van der Waals surface area contributed by atoms with Gasteiger partial charge in [-0.1, -0.05) is 22.9 Å². The predicted octanol–water partition coefficient (Wildman–Crippen LogP) is 4.66. The summed E-state index contributed by atoms with van der Waals surface area (Å²) in [6.45, 7) is 1.36. The van der Waals surface area contributed by atoms with E-state index >= 15 is 0 Å². The monoisotopic (exact) mass is 532 g/mol. The summed E-state index contributed by atoms with van der Waals surface area (Å²) in [6, 6.07) is 5.76. The van der Waals surface area contributed by atoms with Crippen LogP contribution in [0.25, 0.3) is 0 Å².